The summed E-state index contributed by atoms with van der Waals surface area (Å²) in [5.41, 5.74) is 4.63. The minimum absolute atomic E-state index is 0.0175. The van der Waals surface area contributed by atoms with E-state index in [0.29, 0.717) is 25.9 Å². The van der Waals surface area contributed by atoms with Gasteiger partial charge in [-0.25, -0.2) is 0 Å². The van der Waals surface area contributed by atoms with Crippen molar-refractivity contribution in [2.24, 2.45) is 5.73 Å². The van der Waals surface area contributed by atoms with Crippen LogP contribution in [0.25, 0.3) is 0 Å². The minimum Gasteiger partial charge on any atom is -0.480 e. The number of carboxylic acid groups (broad SMARTS) is 1. The second kappa shape index (κ2) is 4.92. The van der Waals surface area contributed by atoms with E-state index in [1.54, 1.807) is 7.11 Å². The van der Waals surface area contributed by atoms with E-state index in [2.05, 4.69) is 0 Å². The number of methoxy groups -OCH3 is 1. The number of hydrogen-bond acceptors (Lipinski definition) is 4. The van der Waals surface area contributed by atoms with E-state index in [1.165, 1.54) is 0 Å². The molecular weight excluding hydrogens is 198 g/mol. The van der Waals surface area contributed by atoms with Crippen LogP contribution in [0.3, 0.4) is 0 Å². The van der Waals surface area contributed by atoms with Gasteiger partial charge in [0.15, 0.2) is 0 Å². The highest BCUT2D eigenvalue weighted by atomic mass is 16.5. The van der Waals surface area contributed by atoms with Crippen molar-refractivity contribution in [1.82, 2.24) is 0 Å². The molecule has 5 heteroatoms. The molecule has 1 saturated carbocycles. The summed E-state index contributed by atoms with van der Waals surface area (Å²) in [4.78, 5) is 10.9. The second-order valence-electron chi connectivity index (χ2n) is 4.23. The van der Waals surface area contributed by atoms with Crippen molar-refractivity contribution in [3.05, 3.63) is 0 Å². The quantitative estimate of drug-likeness (QED) is 0.695. The molecule has 0 aliphatic heterocycles. The molecule has 0 amide bonds. The van der Waals surface area contributed by atoms with E-state index >= 15 is 0 Å². The maximum absolute atomic E-state index is 10.9. The van der Waals surface area contributed by atoms with E-state index in [4.69, 9.17) is 20.3 Å². The van der Waals surface area contributed by atoms with Crippen molar-refractivity contribution >= 4 is 5.97 Å². The molecule has 88 valence electrons. The zero-order valence-corrected chi connectivity index (χ0v) is 9.23. The van der Waals surface area contributed by atoms with E-state index in [1.807, 2.05) is 6.92 Å². The topological polar surface area (TPSA) is 81.8 Å². The lowest BCUT2D eigenvalue weighted by atomic mass is 10.00. The molecule has 3 N–H and O–H groups in total. The molecule has 0 spiro atoms. The van der Waals surface area contributed by atoms with Crippen LogP contribution in [0.5, 0.6) is 0 Å². The molecule has 1 rings (SSSR count). The Labute approximate surface area is 89.5 Å². The van der Waals surface area contributed by atoms with Crippen molar-refractivity contribution in [2.45, 2.75) is 43.9 Å². The molecule has 1 aliphatic rings. The van der Waals surface area contributed by atoms with Gasteiger partial charge in [0.1, 0.15) is 5.54 Å². The highest BCUT2D eigenvalue weighted by Gasteiger charge is 2.42. The second-order valence-corrected chi connectivity index (χ2v) is 4.23. The Balaban J connectivity index is 2.39. The van der Waals surface area contributed by atoms with Crippen molar-refractivity contribution in [2.75, 3.05) is 13.7 Å². The smallest absolute Gasteiger partial charge is 0.323 e. The van der Waals surface area contributed by atoms with Crippen LogP contribution in [0.15, 0.2) is 0 Å². The summed E-state index contributed by atoms with van der Waals surface area (Å²) in [6, 6.07) is 0. The third kappa shape index (κ3) is 3.15. The van der Waals surface area contributed by atoms with Crippen LogP contribution in [0.2, 0.25) is 0 Å². The number of nitrogens with two attached hydrogens (primary N) is 1. The van der Waals surface area contributed by atoms with Crippen molar-refractivity contribution in [3.8, 4) is 0 Å². The fraction of sp³-hybridized carbons (Fsp3) is 0.900. The molecule has 1 fully saturated rings. The first-order valence-electron chi connectivity index (χ1n) is 5.14. The van der Waals surface area contributed by atoms with Crippen LogP contribution in [0.1, 0.15) is 26.2 Å². The molecule has 0 aromatic heterocycles. The summed E-state index contributed by atoms with van der Waals surface area (Å²) in [6.07, 6.45) is 1.49. The summed E-state index contributed by atoms with van der Waals surface area (Å²) in [7, 11) is 1.61. The lowest BCUT2D eigenvalue weighted by Crippen LogP contribution is -2.46. The highest BCUT2D eigenvalue weighted by molar-refractivity contribution is 5.78. The van der Waals surface area contributed by atoms with Crippen molar-refractivity contribution < 1.29 is 19.4 Å². The predicted octanol–water partition coefficient (Wildman–Crippen LogP) is 0.373. The van der Waals surface area contributed by atoms with Crippen LogP contribution in [-0.4, -0.2) is 42.5 Å². The van der Waals surface area contributed by atoms with Gasteiger partial charge in [0, 0.05) is 13.5 Å². The summed E-state index contributed by atoms with van der Waals surface area (Å²) >= 11 is 0. The number of carboxylic acids is 1. The maximum atomic E-state index is 10.9. The van der Waals surface area contributed by atoms with E-state index in [9.17, 15) is 4.79 Å². The van der Waals surface area contributed by atoms with Crippen LogP contribution >= 0.6 is 0 Å². The van der Waals surface area contributed by atoms with Crippen LogP contribution in [0.4, 0.5) is 0 Å². The van der Waals surface area contributed by atoms with E-state index in [-0.39, 0.29) is 12.2 Å². The Hall–Kier alpha value is -0.650. The molecule has 0 radical (unpaired) electrons. The lowest BCUT2D eigenvalue weighted by molar-refractivity contribution is -0.143. The summed E-state index contributed by atoms with van der Waals surface area (Å²) < 4.78 is 10.6. The van der Waals surface area contributed by atoms with E-state index in [0.717, 1.165) is 0 Å². The number of hydrogen-bond donors (Lipinski definition) is 2. The molecule has 3 unspecified atom stereocenters. The molecule has 0 aromatic rings. The third-order valence-electron chi connectivity index (χ3n) is 2.76. The zero-order valence-electron chi connectivity index (χ0n) is 9.23. The number of ether oxygens (including phenoxy) is 2. The minimum atomic E-state index is -1.10. The Morgan fingerprint density at radius 3 is 2.87 bits per heavy atom. The summed E-state index contributed by atoms with van der Waals surface area (Å²) in [5, 5.41) is 8.92. The fourth-order valence-corrected chi connectivity index (χ4v) is 1.94. The fourth-order valence-electron chi connectivity index (χ4n) is 1.94. The van der Waals surface area contributed by atoms with Crippen LogP contribution in [0, 0.1) is 0 Å². The predicted molar refractivity (Wildman–Crippen MR) is 54.6 cm³/mol. The number of aliphatic carboxylic acids is 1. The highest BCUT2D eigenvalue weighted by Crippen LogP contribution is 2.30. The molecule has 3 atom stereocenters. The standard InChI is InChI=1S/C10H19NO4/c1-7(6-14-2)15-8-3-4-10(11,5-8)9(12)13/h7-8H,3-6,11H2,1-2H3,(H,12,13). The third-order valence-corrected chi connectivity index (χ3v) is 2.76. The van der Waals surface area contributed by atoms with Gasteiger partial charge in [-0.3, -0.25) is 4.79 Å². The maximum Gasteiger partial charge on any atom is 0.323 e. The Bertz CT molecular complexity index is 233. The van der Waals surface area contributed by atoms with Gasteiger partial charge in [0.2, 0.25) is 0 Å². The van der Waals surface area contributed by atoms with Crippen LogP contribution < -0.4 is 5.73 Å². The van der Waals surface area contributed by atoms with Crippen molar-refractivity contribution in [1.29, 1.82) is 0 Å². The Kier molecular flexibility index (Phi) is 4.07. The summed E-state index contributed by atoms with van der Waals surface area (Å²) in [5.74, 6) is -0.937. The Morgan fingerprint density at radius 1 is 1.73 bits per heavy atom. The number of carbonyl (C=O) groups is 1. The van der Waals surface area contributed by atoms with Gasteiger partial charge in [-0.05, 0) is 19.8 Å². The van der Waals surface area contributed by atoms with Gasteiger partial charge in [0.25, 0.3) is 0 Å². The SMILES string of the molecule is COCC(C)OC1CCC(N)(C(=O)O)C1. The number of rotatable bonds is 5. The average molecular weight is 217 g/mol. The van der Waals surface area contributed by atoms with Gasteiger partial charge in [-0.15, -0.1) is 0 Å². The van der Waals surface area contributed by atoms with Crippen molar-refractivity contribution in [3.63, 3.8) is 0 Å². The molecule has 15 heavy (non-hydrogen) atoms. The van der Waals surface area contributed by atoms with Gasteiger partial charge >= 0.3 is 5.97 Å². The zero-order chi connectivity index (χ0) is 11.5. The normalized spacial score (nSPS) is 32.9. The summed E-state index contributed by atoms with van der Waals surface area (Å²) in [6.45, 7) is 2.42. The molecule has 0 aromatic carbocycles. The van der Waals surface area contributed by atoms with Gasteiger partial charge in [-0.2, -0.15) is 0 Å². The first-order chi connectivity index (χ1) is 6.98. The molecule has 5 nitrogen and oxygen atoms in total. The molecular formula is C10H19NO4. The van der Waals surface area contributed by atoms with E-state index < -0.39 is 11.5 Å². The first kappa shape index (κ1) is 12.4. The average Bonchev–Trinajstić information content (AvgIpc) is 2.49. The molecule has 0 bridgehead atoms. The molecule has 1 aliphatic carbocycles. The lowest BCUT2D eigenvalue weighted by Gasteiger charge is -2.20. The monoisotopic (exact) mass is 217 g/mol. The van der Waals surface area contributed by atoms with Crippen LogP contribution in [-0.2, 0) is 14.3 Å². The Morgan fingerprint density at radius 2 is 2.40 bits per heavy atom. The largest absolute Gasteiger partial charge is 0.480 e. The molecule has 0 saturated heterocycles. The van der Waals surface area contributed by atoms with Gasteiger partial charge in [0.05, 0.1) is 18.8 Å². The first-order valence-corrected chi connectivity index (χ1v) is 5.14. The molecule has 0 heterocycles. The van der Waals surface area contributed by atoms with Gasteiger partial charge < -0.3 is 20.3 Å². The van der Waals surface area contributed by atoms with Gasteiger partial charge in [-0.1, -0.05) is 0 Å².